The van der Waals surface area contributed by atoms with Gasteiger partial charge in [0.1, 0.15) is 24.0 Å². The first-order valence-corrected chi connectivity index (χ1v) is 30.3. The highest BCUT2D eigenvalue weighted by Gasteiger charge is 2.57. The van der Waals surface area contributed by atoms with Crippen molar-refractivity contribution in [2.24, 2.45) is 29.6 Å². The van der Waals surface area contributed by atoms with Gasteiger partial charge in [-0.3, -0.25) is 24.5 Å². The minimum atomic E-state index is -2.58. The van der Waals surface area contributed by atoms with Gasteiger partial charge in [0.15, 0.2) is 8.32 Å². The number of amides is 1. The number of carbonyl (C=O) groups excluding carboxylic acids is 4. The third kappa shape index (κ3) is 15.6. The SMILES string of the molecule is CCC1/C=C(\C)CC(C)CC(OC)C2OC(O)(C(=O)C(=O)N3CCCCC3C(=O)OC(C(C)=CC3CCC(OCC=Cc4cccc([N+](=O)[O-])c4)C(OC)C3)C(C)C(O[Si](C)(C)C(C)(C)C)CC1=O)C(C)CC2OC. The number of nitro groups is 1. The van der Waals surface area contributed by atoms with Crippen LogP contribution in [0.3, 0.4) is 0 Å². The van der Waals surface area contributed by atoms with Gasteiger partial charge < -0.3 is 42.9 Å². The lowest BCUT2D eigenvalue weighted by Crippen LogP contribution is -2.64. The molecule has 14 atom stereocenters. The van der Waals surface area contributed by atoms with Gasteiger partial charge in [-0.25, -0.2) is 4.79 Å². The summed E-state index contributed by atoms with van der Waals surface area (Å²) in [6.07, 6.45) is 9.10. The molecule has 4 aliphatic rings. The molecule has 0 spiro atoms. The topological polar surface area (TPSA) is 199 Å². The van der Waals surface area contributed by atoms with E-state index in [2.05, 4.69) is 52.9 Å². The van der Waals surface area contributed by atoms with Crippen LogP contribution in [0.1, 0.15) is 139 Å². The second-order valence-electron chi connectivity index (χ2n) is 23.6. The Morgan fingerprint density at radius 3 is 2.25 bits per heavy atom. The van der Waals surface area contributed by atoms with Crippen LogP contribution in [0.2, 0.25) is 18.1 Å². The summed E-state index contributed by atoms with van der Waals surface area (Å²) in [4.78, 5) is 71.2. The summed E-state index contributed by atoms with van der Waals surface area (Å²) in [6.45, 7) is 22.8. The molecule has 14 unspecified atom stereocenters. The maximum Gasteiger partial charge on any atom is 0.329 e. The zero-order valence-corrected chi connectivity index (χ0v) is 48.5. The van der Waals surface area contributed by atoms with Crippen molar-refractivity contribution in [2.75, 3.05) is 34.5 Å². The van der Waals surface area contributed by atoms with Gasteiger partial charge in [-0.15, -0.1) is 0 Å². The maximum atomic E-state index is 15.0. The molecule has 1 N–H and O–H groups in total. The first-order valence-electron chi connectivity index (χ1n) is 27.4. The van der Waals surface area contributed by atoms with Crippen LogP contribution >= 0.6 is 0 Å². The van der Waals surface area contributed by atoms with E-state index in [1.165, 1.54) is 17.0 Å². The van der Waals surface area contributed by atoms with E-state index in [1.807, 2.05) is 33.8 Å². The van der Waals surface area contributed by atoms with Crippen LogP contribution in [0, 0.1) is 39.7 Å². The monoisotopic (exact) mass is 1070 g/mol. The van der Waals surface area contributed by atoms with E-state index in [4.69, 9.17) is 32.8 Å². The number of hydrogen-bond acceptors (Lipinski definition) is 14. The van der Waals surface area contributed by atoms with E-state index in [0.29, 0.717) is 50.5 Å². The van der Waals surface area contributed by atoms with E-state index in [9.17, 15) is 29.6 Å². The predicted molar refractivity (Wildman–Crippen MR) is 290 cm³/mol. The lowest BCUT2D eigenvalue weighted by atomic mass is 9.81. The smallest absolute Gasteiger partial charge is 0.329 e. The maximum absolute atomic E-state index is 15.0. The quantitative estimate of drug-likeness (QED) is 0.0489. The number of methoxy groups -OCH3 is 3. The normalized spacial score (nSPS) is 34.5. The van der Waals surface area contributed by atoms with E-state index in [1.54, 1.807) is 46.5 Å². The van der Waals surface area contributed by atoms with E-state index >= 15 is 4.79 Å². The number of Topliss-reactive ketones (excluding diaryl/α,β-unsaturated/α-hetero) is 2. The number of ether oxygens (including phenoxy) is 6. The molecule has 5 rings (SSSR count). The molecule has 0 aromatic heterocycles. The molecule has 16 nitrogen and oxygen atoms in total. The summed E-state index contributed by atoms with van der Waals surface area (Å²) >= 11 is 0. The highest BCUT2D eigenvalue weighted by molar-refractivity contribution is 6.74. The van der Waals surface area contributed by atoms with Crippen LogP contribution in [0.4, 0.5) is 5.69 Å². The Kier molecular flexibility index (Phi) is 22.4. The van der Waals surface area contributed by atoms with E-state index in [-0.39, 0.29) is 73.0 Å². The highest BCUT2D eigenvalue weighted by atomic mass is 28.4. The van der Waals surface area contributed by atoms with Crippen LogP contribution < -0.4 is 0 Å². The van der Waals surface area contributed by atoms with Crippen LogP contribution in [-0.2, 0) is 52.0 Å². The number of benzene rings is 1. The Morgan fingerprint density at radius 2 is 1.61 bits per heavy atom. The van der Waals surface area contributed by atoms with Crippen molar-refractivity contribution in [1.29, 1.82) is 0 Å². The van der Waals surface area contributed by atoms with Crippen LogP contribution in [0.25, 0.3) is 6.08 Å². The number of fused-ring (bicyclic) bond motifs is 3. The first kappa shape index (κ1) is 61.9. The molecule has 420 valence electrons. The van der Waals surface area contributed by atoms with Crippen molar-refractivity contribution in [3.05, 3.63) is 69.3 Å². The van der Waals surface area contributed by atoms with Crippen LogP contribution in [0.15, 0.2) is 53.6 Å². The fourth-order valence-corrected chi connectivity index (χ4v) is 12.8. The van der Waals surface area contributed by atoms with Crippen molar-refractivity contribution in [2.45, 2.75) is 206 Å². The van der Waals surface area contributed by atoms with Crippen LogP contribution in [0.5, 0.6) is 0 Å². The summed E-state index contributed by atoms with van der Waals surface area (Å²) in [5, 5.41) is 23.4. The molecule has 1 aromatic carbocycles. The molecule has 1 saturated carbocycles. The molecule has 1 aliphatic carbocycles. The number of cyclic esters (lactones) is 1. The number of piperidine rings is 1. The Morgan fingerprint density at radius 1 is 0.933 bits per heavy atom. The molecule has 2 bridgehead atoms. The summed E-state index contributed by atoms with van der Waals surface area (Å²) in [6, 6.07) is 5.26. The highest BCUT2D eigenvalue weighted by Crippen LogP contribution is 2.42. The molecular formula is C58H90N2O14Si. The second-order valence-corrected chi connectivity index (χ2v) is 28.3. The fourth-order valence-electron chi connectivity index (χ4n) is 11.4. The zero-order chi connectivity index (χ0) is 55.6. The molecule has 1 amide bonds. The predicted octanol–water partition coefficient (Wildman–Crippen LogP) is 10.1. The molecule has 75 heavy (non-hydrogen) atoms. The third-order valence-electron chi connectivity index (χ3n) is 16.9. The average molecular weight is 1070 g/mol. The Labute approximate surface area is 447 Å². The third-order valence-corrected chi connectivity index (χ3v) is 21.4. The number of carbonyl (C=O) groups is 4. The van der Waals surface area contributed by atoms with Gasteiger partial charge in [0, 0.05) is 64.2 Å². The molecule has 0 radical (unpaired) electrons. The van der Waals surface area contributed by atoms with E-state index in [0.717, 1.165) is 17.6 Å². The minimum Gasteiger partial charge on any atom is -0.456 e. The number of esters is 1. The Hall–Kier alpha value is -3.94. The second kappa shape index (κ2) is 27.1. The number of nitro benzene ring substituents is 1. The van der Waals surface area contributed by atoms with Gasteiger partial charge in [-0.2, -0.15) is 0 Å². The molecule has 3 aliphatic heterocycles. The lowest BCUT2D eigenvalue weighted by Gasteiger charge is -2.47. The van der Waals surface area contributed by atoms with Gasteiger partial charge in [0.2, 0.25) is 5.79 Å². The number of rotatable bonds is 13. The number of nitrogens with zero attached hydrogens (tertiary/aromatic N) is 2. The average Bonchev–Trinajstić information content (AvgIpc) is 3.36. The van der Waals surface area contributed by atoms with Gasteiger partial charge in [-0.1, -0.05) is 90.5 Å². The number of hydrogen-bond donors (Lipinski definition) is 1. The van der Waals surface area contributed by atoms with Crippen LogP contribution in [-0.4, -0.2) is 136 Å². The number of non-ortho nitro benzene ring substituents is 1. The number of ketones is 2. The van der Waals surface area contributed by atoms with Crippen molar-refractivity contribution in [3.8, 4) is 0 Å². The number of aliphatic hydroxyl groups is 1. The minimum absolute atomic E-state index is 0.00420. The van der Waals surface area contributed by atoms with E-state index < -0.39 is 91.0 Å². The van der Waals surface area contributed by atoms with Crippen molar-refractivity contribution < 1.29 is 62.1 Å². The molecule has 1 aromatic rings. The summed E-state index contributed by atoms with van der Waals surface area (Å²) in [7, 11) is 2.18. The van der Waals surface area contributed by atoms with Crippen molar-refractivity contribution in [1.82, 2.24) is 4.90 Å². The number of allylic oxidation sites excluding steroid dienone is 3. The fraction of sp³-hybridized carbons (Fsp3) is 0.724. The van der Waals surface area contributed by atoms with Crippen molar-refractivity contribution >= 4 is 43.5 Å². The summed E-state index contributed by atoms with van der Waals surface area (Å²) in [5.41, 5.74) is 2.50. The first-order chi connectivity index (χ1) is 35.3. The van der Waals surface area contributed by atoms with Gasteiger partial charge in [0.05, 0.1) is 42.1 Å². The summed E-state index contributed by atoms with van der Waals surface area (Å²) in [5.74, 6) is -7.11. The molecule has 17 heteroatoms. The molecule has 3 heterocycles. The lowest BCUT2D eigenvalue weighted by molar-refractivity contribution is -0.384. The summed E-state index contributed by atoms with van der Waals surface area (Å²) < 4.78 is 44.6. The molecule has 3 fully saturated rings. The van der Waals surface area contributed by atoms with Gasteiger partial charge >= 0.3 is 5.97 Å². The largest absolute Gasteiger partial charge is 0.456 e. The zero-order valence-electron chi connectivity index (χ0n) is 47.5. The molecular weight excluding hydrogens is 977 g/mol. The van der Waals surface area contributed by atoms with Crippen molar-refractivity contribution in [3.63, 3.8) is 0 Å². The Balaban J connectivity index is 1.54. The van der Waals surface area contributed by atoms with Gasteiger partial charge in [0.25, 0.3) is 17.4 Å². The van der Waals surface area contributed by atoms with Gasteiger partial charge in [-0.05, 0) is 119 Å². The molecule has 2 saturated heterocycles. The standard InChI is InChI=1S/C58H90N2O14Si/c1-15-43-29-36(2)28-37(3)30-50(69-11)53-51(70-12)32-39(5)58(65,73-53)54(62)55(63)59-26-17-16-23-45(59)56(64)72-52(40(6)48(35-46(43)61)74-75(13,14)57(7,8)9)38(4)31-42-24-25-47(49(34-42)68-10)71-27-19-21-41-20-18-22-44(33-41)60(66)67/h18-22,29,31,33,37,39-40,42-43,45,47-53,65H,15-17,23-28,30,32,34-35H2,1-14H3/b21-19?,36-29+,38-31?. The Bertz CT molecular complexity index is 2220.